The van der Waals surface area contributed by atoms with Gasteiger partial charge in [-0.3, -0.25) is 18.9 Å². The molecule has 0 amide bonds. The monoisotopic (exact) mass is 424 g/mol. The Balaban J connectivity index is 1.64. The van der Waals surface area contributed by atoms with E-state index >= 15 is 0 Å². The molecule has 0 fully saturated rings. The molecule has 5 aromatic rings. The third-order valence-electron chi connectivity index (χ3n) is 5.39. The van der Waals surface area contributed by atoms with E-state index in [1.54, 1.807) is 17.8 Å². The fourth-order valence-corrected chi connectivity index (χ4v) is 3.78. The number of fused-ring (bicyclic) bond motifs is 2. The molecule has 8 nitrogen and oxygen atoms in total. The van der Waals surface area contributed by atoms with E-state index in [2.05, 4.69) is 20.5 Å². The summed E-state index contributed by atoms with van der Waals surface area (Å²) in [7, 11) is 1.58. The minimum Gasteiger partial charge on any atom is -0.298 e. The first kappa shape index (κ1) is 19.5. The topological polar surface area (TPSA) is 97.1 Å². The van der Waals surface area contributed by atoms with Crippen molar-refractivity contribution in [1.29, 1.82) is 0 Å². The highest BCUT2D eigenvalue weighted by Crippen LogP contribution is 2.23. The van der Waals surface area contributed by atoms with Crippen molar-refractivity contribution in [2.75, 3.05) is 5.43 Å². The van der Waals surface area contributed by atoms with Crippen molar-refractivity contribution in [3.05, 3.63) is 105 Å². The quantitative estimate of drug-likeness (QED) is 0.335. The highest BCUT2D eigenvalue weighted by atomic mass is 16.2. The number of hydrogen-bond acceptors (Lipinski definition) is 5. The molecule has 0 radical (unpaired) electrons. The van der Waals surface area contributed by atoms with E-state index in [1.165, 1.54) is 4.57 Å². The molecule has 32 heavy (non-hydrogen) atoms. The maximum atomic E-state index is 12.7. The van der Waals surface area contributed by atoms with Gasteiger partial charge in [0, 0.05) is 7.05 Å². The van der Waals surface area contributed by atoms with Crippen molar-refractivity contribution in [3.8, 4) is 0 Å². The fraction of sp³-hybridized carbons (Fsp3) is 0.0833. The van der Waals surface area contributed by atoms with Crippen LogP contribution in [-0.4, -0.2) is 25.3 Å². The van der Waals surface area contributed by atoms with E-state index in [0.717, 1.165) is 21.9 Å². The summed E-state index contributed by atoms with van der Waals surface area (Å²) >= 11 is 0. The maximum absolute atomic E-state index is 12.7. The minimum absolute atomic E-state index is 0.288. The Labute approximate surface area is 182 Å². The lowest BCUT2D eigenvalue weighted by atomic mass is 10.0. The molecule has 158 valence electrons. The molecule has 2 N–H and O–H groups in total. The zero-order chi connectivity index (χ0) is 22.1. The van der Waals surface area contributed by atoms with E-state index in [4.69, 9.17) is 0 Å². The number of hydrogen-bond donors (Lipinski definition) is 2. The Bertz CT molecular complexity index is 1570. The molecule has 0 aliphatic carbocycles. The third-order valence-corrected chi connectivity index (χ3v) is 5.39. The molecule has 0 aliphatic heterocycles. The summed E-state index contributed by atoms with van der Waals surface area (Å²) in [5.41, 5.74) is 4.47. The van der Waals surface area contributed by atoms with Crippen LogP contribution in [-0.2, 0) is 13.6 Å². The van der Waals surface area contributed by atoms with Gasteiger partial charge in [-0.2, -0.15) is 10.1 Å². The third kappa shape index (κ3) is 3.47. The number of aryl methyl sites for hydroxylation is 1. The SMILES string of the molecule is Cn1c(=O)[nH]c(=O)c2c1nc(N/N=C\c1ccccc1)n2Cc1cccc2ccccc12. The van der Waals surface area contributed by atoms with Gasteiger partial charge in [0.05, 0.1) is 12.8 Å². The van der Waals surface area contributed by atoms with Crippen LogP contribution in [0.15, 0.2) is 87.5 Å². The molecule has 0 bridgehead atoms. The van der Waals surface area contributed by atoms with Gasteiger partial charge in [0.2, 0.25) is 5.95 Å². The van der Waals surface area contributed by atoms with Gasteiger partial charge >= 0.3 is 5.69 Å². The Hall–Kier alpha value is -4.46. The van der Waals surface area contributed by atoms with Crippen LogP contribution < -0.4 is 16.7 Å². The number of H-pyrrole nitrogens is 1. The Morgan fingerprint density at radius 1 is 1.00 bits per heavy atom. The molecule has 0 atom stereocenters. The summed E-state index contributed by atoms with van der Waals surface area (Å²) in [6, 6.07) is 23.7. The molecule has 0 saturated carbocycles. The number of rotatable bonds is 5. The average molecular weight is 424 g/mol. The maximum Gasteiger partial charge on any atom is 0.329 e. The molecule has 0 aliphatic rings. The number of aromatic amines is 1. The number of nitrogens with zero attached hydrogens (tertiary/aromatic N) is 4. The lowest BCUT2D eigenvalue weighted by Crippen LogP contribution is -2.29. The summed E-state index contributed by atoms with van der Waals surface area (Å²) in [5.74, 6) is 0.367. The van der Waals surface area contributed by atoms with Crippen molar-refractivity contribution < 1.29 is 0 Å². The van der Waals surface area contributed by atoms with Crippen LogP contribution >= 0.6 is 0 Å². The summed E-state index contributed by atoms with van der Waals surface area (Å²) in [4.78, 5) is 31.7. The largest absolute Gasteiger partial charge is 0.329 e. The Morgan fingerprint density at radius 2 is 1.75 bits per heavy atom. The first-order valence-corrected chi connectivity index (χ1v) is 10.1. The lowest BCUT2D eigenvalue weighted by molar-refractivity contribution is 0.811. The van der Waals surface area contributed by atoms with Gasteiger partial charge in [0.15, 0.2) is 11.2 Å². The predicted octanol–water partition coefficient (Wildman–Crippen LogP) is 3.07. The summed E-state index contributed by atoms with van der Waals surface area (Å²) in [6.07, 6.45) is 1.67. The van der Waals surface area contributed by atoms with Crippen LogP contribution in [0, 0.1) is 0 Å². The molecule has 5 rings (SSSR count). The molecule has 2 heterocycles. The van der Waals surface area contributed by atoms with Crippen LogP contribution in [0.4, 0.5) is 5.95 Å². The van der Waals surface area contributed by atoms with Crippen molar-refractivity contribution in [2.24, 2.45) is 12.1 Å². The van der Waals surface area contributed by atoms with Crippen LogP contribution in [0.25, 0.3) is 21.9 Å². The normalized spacial score (nSPS) is 11.5. The second-order valence-corrected chi connectivity index (χ2v) is 7.43. The number of imidazole rings is 1. The molecular weight excluding hydrogens is 404 g/mol. The number of hydrazone groups is 1. The highest BCUT2D eigenvalue weighted by molar-refractivity contribution is 5.86. The van der Waals surface area contributed by atoms with Gasteiger partial charge in [0.25, 0.3) is 5.56 Å². The second-order valence-electron chi connectivity index (χ2n) is 7.43. The van der Waals surface area contributed by atoms with Crippen molar-refractivity contribution in [2.45, 2.75) is 6.54 Å². The molecule has 0 unspecified atom stereocenters. The van der Waals surface area contributed by atoms with Crippen molar-refractivity contribution >= 4 is 34.1 Å². The number of nitrogens with one attached hydrogen (secondary N) is 2. The zero-order valence-electron chi connectivity index (χ0n) is 17.3. The van der Waals surface area contributed by atoms with E-state index in [0.29, 0.717) is 18.0 Å². The van der Waals surface area contributed by atoms with Crippen LogP contribution in [0.3, 0.4) is 0 Å². The predicted molar refractivity (Wildman–Crippen MR) is 126 cm³/mol. The smallest absolute Gasteiger partial charge is 0.298 e. The summed E-state index contributed by atoms with van der Waals surface area (Å²) in [5, 5.41) is 6.48. The second kappa shape index (κ2) is 7.99. The van der Waals surface area contributed by atoms with E-state index < -0.39 is 11.2 Å². The number of aromatic nitrogens is 4. The first-order valence-electron chi connectivity index (χ1n) is 10.1. The van der Waals surface area contributed by atoms with Crippen molar-refractivity contribution in [3.63, 3.8) is 0 Å². The van der Waals surface area contributed by atoms with Gasteiger partial charge in [0.1, 0.15) is 0 Å². The van der Waals surface area contributed by atoms with E-state index in [9.17, 15) is 9.59 Å². The minimum atomic E-state index is -0.517. The van der Waals surface area contributed by atoms with Gasteiger partial charge in [-0.15, -0.1) is 0 Å². The fourth-order valence-electron chi connectivity index (χ4n) is 3.78. The Kier molecular flexibility index (Phi) is 4.87. The standard InChI is InChI=1S/C24H20N6O2/c1-29-21-20(22(31)27-24(29)32)30(15-18-12-7-11-17-10-5-6-13-19(17)18)23(26-21)28-25-14-16-8-3-2-4-9-16/h2-14H,15H2,1H3,(H,26,28)(H,27,31,32)/b25-14-. The number of anilines is 1. The van der Waals surface area contributed by atoms with Crippen molar-refractivity contribution in [1.82, 2.24) is 19.1 Å². The van der Waals surface area contributed by atoms with Gasteiger partial charge in [-0.05, 0) is 21.9 Å². The van der Waals surface area contributed by atoms with Gasteiger partial charge in [-0.25, -0.2) is 10.2 Å². The first-order chi connectivity index (χ1) is 15.6. The zero-order valence-corrected chi connectivity index (χ0v) is 17.3. The molecular formula is C24H20N6O2. The molecule has 0 spiro atoms. The van der Waals surface area contributed by atoms with Crippen LogP contribution in [0.2, 0.25) is 0 Å². The molecule has 3 aromatic carbocycles. The highest BCUT2D eigenvalue weighted by Gasteiger charge is 2.18. The van der Waals surface area contributed by atoms with E-state index in [-0.39, 0.29) is 5.65 Å². The molecule has 2 aromatic heterocycles. The summed E-state index contributed by atoms with van der Waals surface area (Å²) < 4.78 is 3.07. The Morgan fingerprint density at radius 3 is 2.59 bits per heavy atom. The van der Waals surface area contributed by atoms with Gasteiger partial charge < -0.3 is 0 Å². The summed E-state index contributed by atoms with van der Waals surface area (Å²) in [6.45, 7) is 0.377. The van der Waals surface area contributed by atoms with Gasteiger partial charge in [-0.1, -0.05) is 72.8 Å². The lowest BCUT2D eigenvalue weighted by Gasteiger charge is -2.11. The number of benzene rings is 3. The molecule has 0 saturated heterocycles. The molecule has 8 heteroatoms. The average Bonchev–Trinajstić information content (AvgIpc) is 3.17. The van der Waals surface area contributed by atoms with Crippen LogP contribution in [0.1, 0.15) is 11.1 Å². The van der Waals surface area contributed by atoms with E-state index in [1.807, 2.05) is 72.8 Å². The van der Waals surface area contributed by atoms with Crippen LogP contribution in [0.5, 0.6) is 0 Å².